The van der Waals surface area contributed by atoms with Crippen LogP contribution >= 0.6 is 12.4 Å². The molecule has 0 bridgehead atoms. The van der Waals surface area contributed by atoms with Crippen LogP contribution in [0.5, 0.6) is 0 Å². The first-order valence-electron chi connectivity index (χ1n) is 8.95. The van der Waals surface area contributed by atoms with Crippen molar-refractivity contribution in [2.24, 2.45) is 0 Å². The zero-order valence-electron chi connectivity index (χ0n) is 16.2. The molecule has 2 aromatic rings. The molecular weight excluding hydrogens is 382 g/mol. The molecule has 0 radical (unpaired) electrons. The highest BCUT2D eigenvalue weighted by Gasteiger charge is 2.26. The van der Waals surface area contributed by atoms with Gasteiger partial charge in [0.2, 0.25) is 5.91 Å². The van der Waals surface area contributed by atoms with E-state index < -0.39 is 0 Å². The minimum absolute atomic E-state index is 0. The van der Waals surface area contributed by atoms with Crippen LogP contribution in [0.25, 0.3) is 0 Å². The Kier molecular flexibility index (Phi) is 7.04. The fraction of sp³-hybridized carbons (Fsp3) is 0.421. The molecule has 1 saturated heterocycles. The molecule has 0 spiro atoms. The Morgan fingerprint density at radius 1 is 1.29 bits per heavy atom. The molecular formula is C19H26ClN5O3. The van der Waals surface area contributed by atoms with E-state index in [1.165, 1.54) is 10.9 Å². The monoisotopic (exact) mass is 407 g/mol. The summed E-state index contributed by atoms with van der Waals surface area (Å²) >= 11 is 0. The summed E-state index contributed by atoms with van der Waals surface area (Å²) in [6.07, 6.45) is 3.21. The molecule has 0 saturated carbocycles. The highest BCUT2D eigenvalue weighted by Crippen LogP contribution is 2.16. The van der Waals surface area contributed by atoms with Gasteiger partial charge < -0.3 is 20.7 Å². The number of amides is 2. The molecule has 2 amide bonds. The van der Waals surface area contributed by atoms with Gasteiger partial charge in [-0.15, -0.1) is 12.4 Å². The molecule has 0 aliphatic carbocycles. The number of hydrogen-bond acceptors (Lipinski definition) is 5. The van der Waals surface area contributed by atoms with Gasteiger partial charge in [0.25, 0.3) is 5.91 Å². The number of halogens is 1. The quantitative estimate of drug-likeness (QED) is 0.755. The average molecular weight is 408 g/mol. The molecule has 1 aromatic heterocycles. The van der Waals surface area contributed by atoms with Gasteiger partial charge in [0.15, 0.2) is 0 Å². The van der Waals surface area contributed by atoms with Gasteiger partial charge in [0.05, 0.1) is 24.1 Å². The fourth-order valence-electron chi connectivity index (χ4n) is 3.22. The zero-order chi connectivity index (χ0) is 19.6. The lowest BCUT2D eigenvalue weighted by molar-refractivity contribution is -0.144. The van der Waals surface area contributed by atoms with Gasteiger partial charge in [-0.1, -0.05) is 6.07 Å². The van der Waals surface area contributed by atoms with Gasteiger partial charge in [-0.05, 0) is 38.5 Å². The lowest BCUT2D eigenvalue weighted by atomic mass is 10.1. The molecule has 2 heterocycles. The van der Waals surface area contributed by atoms with E-state index in [2.05, 4.69) is 10.4 Å². The Balaban J connectivity index is 0.00000280. The average Bonchev–Trinajstić information content (AvgIpc) is 3.03. The molecule has 8 nitrogen and oxygen atoms in total. The van der Waals surface area contributed by atoms with Crippen LogP contribution in [0.15, 0.2) is 30.6 Å². The van der Waals surface area contributed by atoms with E-state index in [9.17, 15) is 9.59 Å². The predicted octanol–water partition coefficient (Wildman–Crippen LogP) is 2.08. The molecule has 3 N–H and O–H groups in total. The number of nitrogen functional groups attached to an aromatic ring is 1. The van der Waals surface area contributed by atoms with Crippen molar-refractivity contribution in [2.45, 2.75) is 39.5 Å². The Hall–Kier alpha value is -2.58. The van der Waals surface area contributed by atoms with Gasteiger partial charge in [-0.25, -0.2) is 0 Å². The molecule has 2 unspecified atom stereocenters. The molecule has 3 rings (SSSR count). The standard InChI is InChI=1S/C19H25N5O3.ClH/c1-12-4-5-15(20)6-17(12)19(26)22-16-7-21-24(10-16)11-18(25)23-8-13(2)27-14(3)9-23;/h4-7,10,13-14H,8-9,11,20H2,1-3H3,(H,22,26);1H. The number of anilines is 2. The largest absolute Gasteiger partial charge is 0.399 e. The molecule has 28 heavy (non-hydrogen) atoms. The summed E-state index contributed by atoms with van der Waals surface area (Å²) in [5, 5.41) is 6.97. The maximum absolute atomic E-state index is 12.5. The molecule has 1 aromatic carbocycles. The van der Waals surface area contributed by atoms with Crippen molar-refractivity contribution < 1.29 is 14.3 Å². The summed E-state index contributed by atoms with van der Waals surface area (Å²) in [5.41, 5.74) is 8.16. The normalized spacial score (nSPS) is 19.0. The third-order valence-electron chi connectivity index (χ3n) is 4.47. The van der Waals surface area contributed by atoms with Gasteiger partial charge in [-0.3, -0.25) is 14.3 Å². The summed E-state index contributed by atoms with van der Waals surface area (Å²) in [4.78, 5) is 26.7. The maximum atomic E-state index is 12.5. The lowest BCUT2D eigenvalue weighted by Crippen LogP contribution is -2.49. The number of ether oxygens (including phenoxy) is 1. The van der Waals surface area contributed by atoms with Crippen LogP contribution in [0, 0.1) is 6.92 Å². The number of nitrogens with two attached hydrogens (primary N) is 1. The first kappa shape index (κ1) is 21.7. The van der Waals surface area contributed by atoms with Crippen molar-refractivity contribution in [3.05, 3.63) is 41.7 Å². The number of nitrogens with one attached hydrogen (secondary N) is 1. The Morgan fingerprint density at radius 2 is 1.96 bits per heavy atom. The SMILES string of the molecule is Cc1ccc(N)cc1C(=O)Nc1cnn(CC(=O)N2CC(C)OC(C)C2)c1.Cl. The Bertz CT molecular complexity index is 844. The minimum Gasteiger partial charge on any atom is -0.399 e. The fourth-order valence-corrected chi connectivity index (χ4v) is 3.22. The number of benzene rings is 1. The molecule has 9 heteroatoms. The van der Waals surface area contributed by atoms with Gasteiger partial charge >= 0.3 is 0 Å². The van der Waals surface area contributed by atoms with Crippen molar-refractivity contribution in [1.82, 2.24) is 14.7 Å². The summed E-state index contributed by atoms with van der Waals surface area (Å²) in [6.45, 7) is 7.02. The third-order valence-corrected chi connectivity index (χ3v) is 4.47. The van der Waals surface area contributed by atoms with E-state index in [1.54, 1.807) is 29.3 Å². The van der Waals surface area contributed by atoms with Crippen LogP contribution in [0.1, 0.15) is 29.8 Å². The van der Waals surface area contributed by atoms with Crippen LogP contribution in [-0.4, -0.2) is 51.8 Å². The summed E-state index contributed by atoms with van der Waals surface area (Å²) < 4.78 is 7.17. The van der Waals surface area contributed by atoms with Gasteiger partial charge in [0.1, 0.15) is 6.54 Å². The Morgan fingerprint density at radius 3 is 2.64 bits per heavy atom. The number of hydrogen-bond donors (Lipinski definition) is 2. The third kappa shape index (κ3) is 5.24. The molecule has 152 valence electrons. The van der Waals surface area contributed by atoms with Crippen molar-refractivity contribution in [1.29, 1.82) is 0 Å². The lowest BCUT2D eigenvalue weighted by Gasteiger charge is -2.35. The number of aromatic nitrogens is 2. The second-order valence-electron chi connectivity index (χ2n) is 7.01. The highest BCUT2D eigenvalue weighted by molar-refractivity contribution is 6.05. The predicted molar refractivity (Wildman–Crippen MR) is 110 cm³/mol. The van der Waals surface area contributed by atoms with E-state index in [4.69, 9.17) is 10.5 Å². The van der Waals surface area contributed by atoms with Crippen LogP contribution in [-0.2, 0) is 16.1 Å². The maximum Gasteiger partial charge on any atom is 0.256 e. The second-order valence-corrected chi connectivity index (χ2v) is 7.01. The van der Waals surface area contributed by atoms with E-state index >= 15 is 0 Å². The zero-order valence-corrected chi connectivity index (χ0v) is 17.0. The van der Waals surface area contributed by atoms with Crippen LogP contribution in [0.2, 0.25) is 0 Å². The van der Waals surface area contributed by atoms with Gasteiger partial charge in [-0.2, -0.15) is 5.10 Å². The highest BCUT2D eigenvalue weighted by atomic mass is 35.5. The van der Waals surface area contributed by atoms with Crippen LogP contribution < -0.4 is 11.1 Å². The molecule has 2 atom stereocenters. The van der Waals surface area contributed by atoms with Crippen LogP contribution in [0.3, 0.4) is 0 Å². The second kappa shape index (κ2) is 9.07. The first-order chi connectivity index (χ1) is 12.8. The van der Waals surface area contributed by atoms with Crippen molar-refractivity contribution in [3.63, 3.8) is 0 Å². The molecule has 1 fully saturated rings. The summed E-state index contributed by atoms with van der Waals surface area (Å²) in [6, 6.07) is 5.19. The summed E-state index contributed by atoms with van der Waals surface area (Å²) in [7, 11) is 0. The number of carbonyl (C=O) groups excluding carboxylic acids is 2. The van der Waals surface area contributed by atoms with Gasteiger partial charge in [0, 0.05) is 30.5 Å². The summed E-state index contributed by atoms with van der Waals surface area (Å²) in [5.74, 6) is -0.286. The van der Waals surface area contributed by atoms with Crippen molar-refractivity contribution >= 4 is 35.6 Å². The topological polar surface area (TPSA) is 102 Å². The van der Waals surface area contributed by atoms with E-state index in [1.807, 2.05) is 20.8 Å². The number of morpholine rings is 1. The number of rotatable bonds is 4. The Labute approximate surface area is 170 Å². The van der Waals surface area contributed by atoms with E-state index in [0.29, 0.717) is 30.0 Å². The smallest absolute Gasteiger partial charge is 0.256 e. The molecule has 1 aliphatic heterocycles. The number of aryl methyl sites for hydroxylation is 1. The van der Waals surface area contributed by atoms with Crippen molar-refractivity contribution in [3.8, 4) is 0 Å². The van der Waals surface area contributed by atoms with Crippen molar-refractivity contribution in [2.75, 3.05) is 24.1 Å². The number of carbonyl (C=O) groups is 2. The molecule has 1 aliphatic rings. The van der Waals surface area contributed by atoms with E-state index in [-0.39, 0.29) is 43.0 Å². The minimum atomic E-state index is -0.262. The number of nitrogens with zero attached hydrogens (tertiary/aromatic N) is 3. The first-order valence-corrected chi connectivity index (χ1v) is 8.95. The van der Waals surface area contributed by atoms with E-state index in [0.717, 1.165) is 5.56 Å². The van der Waals surface area contributed by atoms with Crippen LogP contribution in [0.4, 0.5) is 11.4 Å².